The summed E-state index contributed by atoms with van der Waals surface area (Å²) in [6, 6.07) is 9.93. The highest BCUT2D eigenvalue weighted by Gasteiger charge is 2.17. The van der Waals surface area contributed by atoms with Gasteiger partial charge in [-0.25, -0.2) is 4.98 Å². The van der Waals surface area contributed by atoms with Crippen LogP contribution in [0.5, 0.6) is 0 Å². The van der Waals surface area contributed by atoms with Crippen LogP contribution in [0.3, 0.4) is 0 Å². The fourth-order valence-electron chi connectivity index (χ4n) is 3.06. The van der Waals surface area contributed by atoms with Crippen molar-refractivity contribution in [2.75, 3.05) is 11.1 Å². The Labute approximate surface area is 188 Å². The Morgan fingerprint density at radius 3 is 2.84 bits per heavy atom. The van der Waals surface area contributed by atoms with Crippen LogP contribution in [-0.2, 0) is 11.3 Å². The Bertz CT molecular complexity index is 1180. The van der Waals surface area contributed by atoms with Gasteiger partial charge in [0.05, 0.1) is 17.7 Å². The molecule has 0 aliphatic carbocycles. The van der Waals surface area contributed by atoms with Crippen molar-refractivity contribution >= 4 is 34.1 Å². The maximum atomic E-state index is 12.5. The molecule has 160 valence electrons. The van der Waals surface area contributed by atoms with Gasteiger partial charge in [-0.15, -0.1) is 21.5 Å². The number of thiazole rings is 1. The summed E-state index contributed by atoms with van der Waals surface area (Å²) in [5, 5.41) is 14.6. The van der Waals surface area contributed by atoms with Crippen molar-refractivity contribution < 1.29 is 9.21 Å². The monoisotopic (exact) mass is 453 g/mol. The average Bonchev–Trinajstić information content (AvgIpc) is 3.50. The molecule has 0 bridgehead atoms. The number of hydrogen-bond acceptors (Lipinski definition) is 7. The maximum Gasteiger partial charge on any atom is 0.236 e. The minimum Gasteiger partial charge on any atom is -0.461 e. The highest BCUT2D eigenvalue weighted by atomic mass is 32.2. The third kappa shape index (κ3) is 4.88. The number of hydrogen-bond donors (Lipinski definition) is 1. The van der Waals surface area contributed by atoms with Gasteiger partial charge in [-0.05, 0) is 49.6 Å². The Hall–Kier alpha value is -2.91. The third-order valence-electron chi connectivity index (χ3n) is 4.79. The van der Waals surface area contributed by atoms with Crippen molar-refractivity contribution in [3.63, 3.8) is 0 Å². The molecule has 0 saturated carbocycles. The van der Waals surface area contributed by atoms with Crippen LogP contribution in [0.15, 0.2) is 51.5 Å². The molecule has 9 heteroatoms. The number of anilines is 1. The second-order valence-corrected chi connectivity index (χ2v) is 8.91. The number of nitrogens with zero attached hydrogens (tertiary/aromatic N) is 4. The summed E-state index contributed by atoms with van der Waals surface area (Å²) in [6.07, 6.45) is 2.53. The molecule has 3 aromatic heterocycles. The van der Waals surface area contributed by atoms with Gasteiger partial charge in [0.2, 0.25) is 5.91 Å². The van der Waals surface area contributed by atoms with Crippen molar-refractivity contribution in [3.05, 3.63) is 53.1 Å². The van der Waals surface area contributed by atoms with Crippen molar-refractivity contribution in [1.82, 2.24) is 19.7 Å². The molecule has 0 fully saturated rings. The van der Waals surface area contributed by atoms with Gasteiger partial charge in [-0.3, -0.25) is 9.36 Å². The van der Waals surface area contributed by atoms with Crippen LogP contribution >= 0.6 is 23.1 Å². The van der Waals surface area contributed by atoms with Crippen LogP contribution in [-0.4, -0.2) is 31.4 Å². The van der Waals surface area contributed by atoms with Gasteiger partial charge >= 0.3 is 0 Å². The molecule has 3 heterocycles. The van der Waals surface area contributed by atoms with E-state index in [0.717, 1.165) is 24.2 Å². The topological polar surface area (TPSA) is 85.8 Å². The first-order valence-corrected chi connectivity index (χ1v) is 11.8. The molecule has 0 saturated heterocycles. The molecule has 31 heavy (non-hydrogen) atoms. The predicted octanol–water partition coefficient (Wildman–Crippen LogP) is 5.42. The largest absolute Gasteiger partial charge is 0.461 e. The summed E-state index contributed by atoms with van der Waals surface area (Å²) in [5.41, 5.74) is 4.38. The second kappa shape index (κ2) is 9.49. The minimum atomic E-state index is -0.128. The zero-order valence-corrected chi connectivity index (χ0v) is 19.2. The summed E-state index contributed by atoms with van der Waals surface area (Å²) >= 11 is 2.77. The van der Waals surface area contributed by atoms with E-state index in [1.807, 2.05) is 22.1 Å². The first kappa shape index (κ1) is 21.3. The van der Waals surface area contributed by atoms with Crippen LogP contribution in [0.4, 0.5) is 5.13 Å². The maximum absolute atomic E-state index is 12.5. The molecule has 0 radical (unpaired) electrons. The number of carbonyl (C=O) groups is 1. The number of thioether (sulfide) groups is 1. The molecule has 0 spiro atoms. The van der Waals surface area contributed by atoms with E-state index in [-0.39, 0.29) is 11.7 Å². The number of nitrogens with one attached hydrogen (secondary N) is 1. The lowest BCUT2D eigenvalue weighted by Crippen LogP contribution is -2.14. The molecule has 1 aromatic carbocycles. The molecule has 7 nitrogen and oxygen atoms in total. The summed E-state index contributed by atoms with van der Waals surface area (Å²) in [4.78, 5) is 17.1. The van der Waals surface area contributed by atoms with Crippen LogP contribution < -0.4 is 5.32 Å². The summed E-state index contributed by atoms with van der Waals surface area (Å²) in [6.45, 7) is 7.00. The first-order valence-electron chi connectivity index (χ1n) is 9.98. The number of rotatable bonds is 8. The molecule has 4 rings (SSSR count). The van der Waals surface area contributed by atoms with Crippen LogP contribution in [0.1, 0.15) is 24.5 Å². The summed E-state index contributed by atoms with van der Waals surface area (Å²) in [7, 11) is 0. The molecule has 1 N–H and O–H groups in total. The fraction of sp³-hybridized carbons (Fsp3) is 0.273. The predicted molar refractivity (Wildman–Crippen MR) is 124 cm³/mol. The van der Waals surface area contributed by atoms with Crippen molar-refractivity contribution in [2.45, 2.75) is 38.9 Å². The lowest BCUT2D eigenvalue weighted by atomic mass is 10.1. The minimum absolute atomic E-state index is 0.128. The van der Waals surface area contributed by atoms with Gasteiger partial charge in [0.25, 0.3) is 0 Å². The lowest BCUT2D eigenvalue weighted by Gasteiger charge is -2.07. The Kier molecular flexibility index (Phi) is 6.53. The number of amides is 1. The molecular weight excluding hydrogens is 430 g/mol. The Balaban J connectivity index is 1.40. The number of carbonyl (C=O) groups excluding carboxylic acids is 1. The van der Waals surface area contributed by atoms with E-state index in [4.69, 9.17) is 4.42 Å². The van der Waals surface area contributed by atoms with E-state index in [0.29, 0.717) is 21.9 Å². The van der Waals surface area contributed by atoms with Crippen LogP contribution in [0.2, 0.25) is 0 Å². The zero-order valence-electron chi connectivity index (χ0n) is 17.6. The number of aryl methyl sites for hydroxylation is 2. The smallest absolute Gasteiger partial charge is 0.236 e. The first-order chi connectivity index (χ1) is 15.0. The third-order valence-corrected chi connectivity index (χ3v) is 6.52. The lowest BCUT2D eigenvalue weighted by molar-refractivity contribution is -0.113. The number of aromatic nitrogens is 4. The van der Waals surface area contributed by atoms with E-state index >= 15 is 0 Å². The Morgan fingerprint density at radius 2 is 2.10 bits per heavy atom. The molecule has 0 aliphatic rings. The van der Waals surface area contributed by atoms with Gasteiger partial charge < -0.3 is 9.73 Å². The van der Waals surface area contributed by atoms with Crippen molar-refractivity contribution in [3.8, 4) is 22.8 Å². The van der Waals surface area contributed by atoms with Gasteiger partial charge in [0.15, 0.2) is 21.9 Å². The van der Waals surface area contributed by atoms with Gasteiger partial charge in [0, 0.05) is 17.5 Å². The normalized spacial score (nSPS) is 11.1. The fourth-order valence-corrected chi connectivity index (χ4v) is 4.56. The highest BCUT2D eigenvalue weighted by Crippen LogP contribution is 2.28. The Morgan fingerprint density at radius 1 is 1.23 bits per heavy atom. The number of furan rings is 1. The van der Waals surface area contributed by atoms with Gasteiger partial charge in [0.1, 0.15) is 0 Å². The molecular formula is C22H23N5O2S2. The van der Waals surface area contributed by atoms with Gasteiger partial charge in [-0.1, -0.05) is 30.8 Å². The number of benzene rings is 1. The molecule has 0 atom stereocenters. The average molecular weight is 454 g/mol. The van der Waals surface area contributed by atoms with E-state index in [1.54, 1.807) is 6.26 Å². The van der Waals surface area contributed by atoms with Gasteiger partial charge in [-0.2, -0.15) is 0 Å². The highest BCUT2D eigenvalue weighted by molar-refractivity contribution is 7.99. The molecule has 0 unspecified atom stereocenters. The molecule has 4 aromatic rings. The van der Waals surface area contributed by atoms with Crippen LogP contribution in [0, 0.1) is 13.8 Å². The SMILES string of the molecule is CCCn1c(SCC(=O)Nc2nc(-c3ccc(C)c(C)c3)cs2)nnc1-c1ccco1. The van der Waals surface area contributed by atoms with E-state index in [2.05, 4.69) is 59.5 Å². The van der Waals surface area contributed by atoms with E-state index < -0.39 is 0 Å². The van der Waals surface area contributed by atoms with Crippen molar-refractivity contribution in [1.29, 1.82) is 0 Å². The molecule has 1 amide bonds. The summed E-state index contributed by atoms with van der Waals surface area (Å²) in [5.74, 6) is 1.43. The van der Waals surface area contributed by atoms with E-state index in [9.17, 15) is 4.79 Å². The zero-order chi connectivity index (χ0) is 21.8. The quantitative estimate of drug-likeness (QED) is 0.359. The van der Waals surface area contributed by atoms with E-state index in [1.165, 1.54) is 34.2 Å². The van der Waals surface area contributed by atoms with Crippen LogP contribution in [0.25, 0.3) is 22.8 Å². The van der Waals surface area contributed by atoms with Crippen molar-refractivity contribution in [2.24, 2.45) is 0 Å². The standard InChI is InChI=1S/C22H23N5O2S2/c1-4-9-27-20(18-6-5-10-29-18)25-26-22(27)31-13-19(28)24-21-23-17(12-30-21)16-8-7-14(2)15(3)11-16/h5-8,10-12H,4,9,13H2,1-3H3,(H,23,24,28). The second-order valence-electron chi connectivity index (χ2n) is 7.11. The molecule has 0 aliphatic heterocycles. The summed E-state index contributed by atoms with van der Waals surface area (Å²) < 4.78 is 7.44.